The molecule has 1 fully saturated rings. The van der Waals surface area contributed by atoms with Gasteiger partial charge in [0.15, 0.2) is 5.78 Å². The van der Waals surface area contributed by atoms with Crippen LogP contribution >= 0.6 is 23.1 Å². The molecule has 0 amide bonds. The molecule has 2 aromatic rings. The van der Waals surface area contributed by atoms with Crippen LogP contribution in [0.2, 0.25) is 0 Å². The van der Waals surface area contributed by atoms with E-state index in [1.165, 1.54) is 29.9 Å². The maximum absolute atomic E-state index is 12.4. The zero-order valence-corrected chi connectivity index (χ0v) is 15.0. The second kappa shape index (κ2) is 7.45. The van der Waals surface area contributed by atoms with Crippen LogP contribution in [-0.2, 0) is 6.42 Å². The van der Waals surface area contributed by atoms with Crippen LogP contribution in [0, 0.1) is 13.8 Å². The van der Waals surface area contributed by atoms with Gasteiger partial charge in [0, 0.05) is 34.2 Å². The maximum Gasteiger partial charge on any atom is 0.188 e. The van der Waals surface area contributed by atoms with Crippen molar-refractivity contribution in [1.29, 1.82) is 0 Å². The number of thiazole rings is 1. The summed E-state index contributed by atoms with van der Waals surface area (Å²) in [4.78, 5) is 21.1. The second-order valence-electron chi connectivity index (χ2n) is 5.76. The summed E-state index contributed by atoms with van der Waals surface area (Å²) < 4.78 is 5.89. The molecule has 23 heavy (non-hydrogen) atoms. The van der Waals surface area contributed by atoms with Crippen LogP contribution in [0.5, 0.6) is 5.75 Å². The van der Waals surface area contributed by atoms with Gasteiger partial charge in [-0.2, -0.15) is 11.8 Å². The van der Waals surface area contributed by atoms with Gasteiger partial charge in [-0.1, -0.05) is 0 Å². The highest BCUT2D eigenvalue weighted by Gasteiger charge is 2.17. The molecule has 1 unspecified atom stereocenters. The minimum atomic E-state index is -0.0110. The van der Waals surface area contributed by atoms with E-state index in [9.17, 15) is 4.79 Å². The van der Waals surface area contributed by atoms with E-state index < -0.39 is 0 Å². The summed E-state index contributed by atoms with van der Waals surface area (Å²) in [5.74, 6) is 1.95. The van der Waals surface area contributed by atoms with Crippen molar-refractivity contribution < 1.29 is 9.53 Å². The van der Waals surface area contributed by atoms with Crippen LogP contribution in [0.3, 0.4) is 0 Å². The first-order valence-electron chi connectivity index (χ1n) is 7.77. The lowest BCUT2D eigenvalue weighted by molar-refractivity contribution is 0.0987. The summed E-state index contributed by atoms with van der Waals surface area (Å²) in [6.07, 6.45) is 2.78. The van der Waals surface area contributed by atoms with Crippen LogP contribution in [-0.4, -0.2) is 33.4 Å². The fourth-order valence-corrected chi connectivity index (χ4v) is 4.47. The Morgan fingerprint density at radius 3 is 2.87 bits per heavy atom. The number of carbonyl (C=O) groups excluding carboxylic acids is 1. The zero-order valence-electron chi connectivity index (χ0n) is 13.4. The number of ether oxygens (including phenoxy) is 1. The Hall–Kier alpha value is -1.40. The number of hydrogen-bond acceptors (Lipinski definition) is 6. The third-order valence-corrected chi connectivity index (χ3v) is 5.99. The number of Topliss-reactive ketones (excluding diaryl/α,β-unsaturated/α-hetero) is 1. The minimum Gasteiger partial charge on any atom is -0.492 e. The number of nitrogens with zero attached hydrogens (tertiary/aromatic N) is 2. The molecule has 0 bridgehead atoms. The highest BCUT2D eigenvalue weighted by atomic mass is 32.2. The van der Waals surface area contributed by atoms with Crippen molar-refractivity contribution in [3.8, 4) is 5.75 Å². The van der Waals surface area contributed by atoms with Gasteiger partial charge in [0.05, 0.1) is 6.42 Å². The Labute approximate surface area is 144 Å². The molecule has 0 spiro atoms. The van der Waals surface area contributed by atoms with Crippen LogP contribution in [0.4, 0.5) is 0 Å². The van der Waals surface area contributed by atoms with Crippen LogP contribution in [0.1, 0.15) is 39.7 Å². The van der Waals surface area contributed by atoms with Crippen molar-refractivity contribution in [2.45, 2.75) is 38.4 Å². The predicted octanol–water partition coefficient (Wildman–Crippen LogP) is 3.85. The topological polar surface area (TPSA) is 52.1 Å². The molecule has 0 radical (unpaired) electrons. The summed E-state index contributed by atoms with van der Waals surface area (Å²) >= 11 is 3.48. The Morgan fingerprint density at radius 2 is 2.17 bits per heavy atom. The van der Waals surface area contributed by atoms with Gasteiger partial charge in [-0.3, -0.25) is 4.79 Å². The largest absolute Gasteiger partial charge is 0.492 e. The van der Waals surface area contributed by atoms with E-state index in [4.69, 9.17) is 4.74 Å². The average molecular weight is 348 g/mol. The average Bonchev–Trinajstić information content (AvgIpc) is 3.16. The molecule has 0 aromatic carbocycles. The lowest BCUT2D eigenvalue weighted by atomic mass is 10.2. The number of aryl methyl sites for hydroxylation is 2. The number of hydrogen-bond donors (Lipinski definition) is 0. The molecular weight excluding hydrogens is 328 g/mol. The molecule has 3 heterocycles. The molecule has 1 aliphatic rings. The zero-order chi connectivity index (χ0) is 16.2. The summed E-state index contributed by atoms with van der Waals surface area (Å²) in [6.45, 7) is 4.53. The standard InChI is InChI=1S/C17H20N2O2S2/c1-11-6-13(21-9-14-4-3-5-22-14)7-15(18-11)16(20)8-17-19-12(2)10-23-17/h6-7,10,14H,3-5,8-9H2,1-2H3. The van der Waals surface area contributed by atoms with Gasteiger partial charge in [0.2, 0.25) is 0 Å². The molecule has 0 N–H and O–H groups in total. The second-order valence-corrected chi connectivity index (χ2v) is 8.11. The van der Waals surface area contributed by atoms with E-state index in [1.54, 1.807) is 6.07 Å². The highest BCUT2D eigenvalue weighted by molar-refractivity contribution is 8.00. The van der Waals surface area contributed by atoms with Crippen molar-refractivity contribution in [1.82, 2.24) is 9.97 Å². The van der Waals surface area contributed by atoms with E-state index in [0.29, 0.717) is 24.0 Å². The Bertz CT molecular complexity index is 694. The fraction of sp³-hybridized carbons (Fsp3) is 0.471. The van der Waals surface area contributed by atoms with Crippen molar-refractivity contribution in [3.63, 3.8) is 0 Å². The van der Waals surface area contributed by atoms with Gasteiger partial charge in [0.25, 0.3) is 0 Å². The first kappa shape index (κ1) is 16.5. The molecule has 6 heteroatoms. The van der Waals surface area contributed by atoms with Gasteiger partial charge in [-0.25, -0.2) is 9.97 Å². The van der Waals surface area contributed by atoms with E-state index in [0.717, 1.165) is 22.1 Å². The van der Waals surface area contributed by atoms with Gasteiger partial charge in [-0.15, -0.1) is 11.3 Å². The fourth-order valence-electron chi connectivity index (χ4n) is 2.54. The third-order valence-electron chi connectivity index (χ3n) is 3.65. The number of ketones is 1. The molecular formula is C17H20N2O2S2. The maximum atomic E-state index is 12.4. The monoisotopic (exact) mass is 348 g/mol. The minimum absolute atomic E-state index is 0.0110. The van der Waals surface area contributed by atoms with Gasteiger partial charge in [-0.05, 0) is 32.4 Å². The first-order valence-corrected chi connectivity index (χ1v) is 9.70. The number of rotatable bonds is 6. The summed E-state index contributed by atoms with van der Waals surface area (Å²) in [6, 6.07) is 3.65. The van der Waals surface area contributed by atoms with Gasteiger partial charge < -0.3 is 4.74 Å². The lowest BCUT2D eigenvalue weighted by Gasteiger charge is -2.12. The summed E-state index contributed by atoms with van der Waals surface area (Å²) in [5, 5.41) is 3.36. The molecule has 0 aliphatic carbocycles. The van der Waals surface area contributed by atoms with E-state index >= 15 is 0 Å². The number of carbonyl (C=O) groups is 1. The summed E-state index contributed by atoms with van der Waals surface area (Å²) in [7, 11) is 0. The Balaban J connectivity index is 1.67. The van der Waals surface area contributed by atoms with Crippen molar-refractivity contribution >= 4 is 28.9 Å². The van der Waals surface area contributed by atoms with E-state index in [2.05, 4.69) is 9.97 Å². The van der Waals surface area contributed by atoms with E-state index in [1.807, 2.05) is 37.1 Å². The van der Waals surface area contributed by atoms with Crippen molar-refractivity contribution in [3.05, 3.63) is 39.6 Å². The number of pyridine rings is 1. The molecule has 122 valence electrons. The lowest BCUT2D eigenvalue weighted by Crippen LogP contribution is -2.12. The van der Waals surface area contributed by atoms with Crippen LogP contribution in [0.25, 0.3) is 0 Å². The summed E-state index contributed by atoms with van der Waals surface area (Å²) in [5.41, 5.74) is 2.22. The smallest absolute Gasteiger partial charge is 0.188 e. The molecule has 4 nitrogen and oxygen atoms in total. The van der Waals surface area contributed by atoms with Gasteiger partial charge in [0.1, 0.15) is 23.1 Å². The SMILES string of the molecule is Cc1cc(OCC2CCCS2)cc(C(=O)Cc2nc(C)cs2)n1. The van der Waals surface area contributed by atoms with Crippen molar-refractivity contribution in [2.24, 2.45) is 0 Å². The Kier molecular flexibility index (Phi) is 5.33. The molecule has 3 rings (SSSR count). The number of thioether (sulfide) groups is 1. The number of aromatic nitrogens is 2. The normalized spacial score (nSPS) is 17.4. The van der Waals surface area contributed by atoms with Crippen LogP contribution < -0.4 is 4.74 Å². The van der Waals surface area contributed by atoms with Crippen molar-refractivity contribution in [2.75, 3.05) is 12.4 Å². The molecule has 1 aliphatic heterocycles. The van der Waals surface area contributed by atoms with E-state index in [-0.39, 0.29) is 5.78 Å². The first-order chi connectivity index (χ1) is 11.1. The van der Waals surface area contributed by atoms with Gasteiger partial charge >= 0.3 is 0 Å². The molecule has 1 saturated heterocycles. The molecule has 1 atom stereocenters. The van der Waals surface area contributed by atoms with Crippen LogP contribution in [0.15, 0.2) is 17.5 Å². The quantitative estimate of drug-likeness (QED) is 0.742. The highest BCUT2D eigenvalue weighted by Crippen LogP contribution is 2.27. The Morgan fingerprint density at radius 1 is 1.30 bits per heavy atom. The predicted molar refractivity (Wildman–Crippen MR) is 94.8 cm³/mol. The molecule has 2 aromatic heterocycles. The third kappa shape index (κ3) is 4.54. The molecule has 0 saturated carbocycles.